The van der Waals surface area contributed by atoms with E-state index in [-0.39, 0.29) is 44.8 Å². The Labute approximate surface area is 217 Å². The van der Waals surface area contributed by atoms with Crippen molar-refractivity contribution in [1.29, 1.82) is 0 Å². The van der Waals surface area contributed by atoms with Gasteiger partial charge in [-0.25, -0.2) is 5.43 Å². The Hall–Kier alpha value is -3.75. The van der Waals surface area contributed by atoms with Gasteiger partial charge in [0.05, 0.1) is 34.9 Å². The molecule has 0 aliphatic carbocycles. The summed E-state index contributed by atoms with van der Waals surface area (Å²) in [6.45, 7) is 1.85. The summed E-state index contributed by atoms with van der Waals surface area (Å²) < 4.78 is 44.7. The number of hydrogen-bond donors (Lipinski definition) is 2. The molecule has 3 aromatic rings. The van der Waals surface area contributed by atoms with E-state index in [0.717, 1.165) is 18.2 Å². The smallest absolute Gasteiger partial charge is 0.378 e. The van der Waals surface area contributed by atoms with Crippen molar-refractivity contribution in [3.8, 4) is 0 Å². The van der Waals surface area contributed by atoms with Gasteiger partial charge in [-0.05, 0) is 24.3 Å². The highest BCUT2D eigenvalue weighted by Gasteiger charge is 2.30. The molecule has 0 atom stereocenters. The summed E-state index contributed by atoms with van der Waals surface area (Å²) in [6.07, 6.45) is -3.31. The van der Waals surface area contributed by atoms with Gasteiger partial charge in [-0.3, -0.25) is 10.1 Å². The monoisotopic (exact) mass is 556 g/mol. The van der Waals surface area contributed by atoms with Crippen LogP contribution in [0.2, 0.25) is 10.0 Å². The van der Waals surface area contributed by atoms with Crippen molar-refractivity contribution in [3.05, 3.63) is 67.7 Å². The standard InChI is InChI=1S/C21H17Cl2F3N8O3/c22-15-10-16(23)17(34(35)36)8-12(15)11-27-32-19-29-18(30-20(31-19)33-4-6-37-7-5-33)28-14-3-1-2-13(9-14)21(24,25)26/h1-3,8-11H,4-7H2,(H2,28,29,30,31,32)/b27-11+. The summed E-state index contributed by atoms with van der Waals surface area (Å²) >= 11 is 11.9. The summed E-state index contributed by atoms with van der Waals surface area (Å²) in [4.78, 5) is 25.1. The van der Waals surface area contributed by atoms with Gasteiger partial charge in [-0.15, -0.1) is 0 Å². The van der Waals surface area contributed by atoms with E-state index < -0.39 is 16.7 Å². The number of aromatic nitrogens is 3. The summed E-state index contributed by atoms with van der Waals surface area (Å²) in [7, 11) is 0. The molecule has 1 aliphatic rings. The molecule has 11 nitrogen and oxygen atoms in total. The molecule has 0 spiro atoms. The van der Waals surface area contributed by atoms with Gasteiger partial charge in [0.1, 0.15) is 5.02 Å². The molecule has 0 unspecified atom stereocenters. The predicted octanol–water partition coefficient (Wildman–Crippen LogP) is 5.13. The molecule has 1 saturated heterocycles. The molecule has 2 aromatic carbocycles. The zero-order chi connectivity index (χ0) is 26.6. The number of halogens is 5. The fourth-order valence-electron chi connectivity index (χ4n) is 3.23. The van der Waals surface area contributed by atoms with Crippen LogP contribution >= 0.6 is 23.2 Å². The molecule has 37 heavy (non-hydrogen) atoms. The quantitative estimate of drug-likeness (QED) is 0.231. The zero-order valence-corrected chi connectivity index (χ0v) is 20.2. The number of alkyl halides is 3. The molecule has 0 amide bonds. The number of morpholine rings is 1. The third kappa shape index (κ3) is 6.72. The Kier molecular flexibility index (Phi) is 7.90. The molecule has 0 saturated carbocycles. The van der Waals surface area contributed by atoms with E-state index in [9.17, 15) is 23.3 Å². The average molecular weight is 557 g/mol. The third-order valence-electron chi connectivity index (χ3n) is 4.99. The zero-order valence-electron chi connectivity index (χ0n) is 18.7. The lowest BCUT2D eigenvalue weighted by molar-refractivity contribution is -0.384. The highest BCUT2D eigenvalue weighted by Crippen LogP contribution is 2.32. The number of hydrazone groups is 1. The lowest BCUT2D eigenvalue weighted by Crippen LogP contribution is -2.37. The lowest BCUT2D eigenvalue weighted by Gasteiger charge is -2.27. The topological polar surface area (TPSA) is 131 Å². The van der Waals surface area contributed by atoms with Gasteiger partial charge in [0.2, 0.25) is 17.8 Å². The van der Waals surface area contributed by atoms with Crippen molar-refractivity contribution >= 4 is 58.6 Å². The molecule has 0 bridgehead atoms. The van der Waals surface area contributed by atoms with E-state index in [4.69, 9.17) is 27.9 Å². The van der Waals surface area contributed by atoms with Crippen LogP contribution in [-0.2, 0) is 10.9 Å². The van der Waals surface area contributed by atoms with Crippen molar-refractivity contribution in [2.45, 2.75) is 6.18 Å². The van der Waals surface area contributed by atoms with Crippen molar-refractivity contribution < 1.29 is 22.8 Å². The predicted molar refractivity (Wildman–Crippen MR) is 132 cm³/mol. The minimum absolute atomic E-state index is 0.0336. The summed E-state index contributed by atoms with van der Waals surface area (Å²) in [5, 5.41) is 17.9. The van der Waals surface area contributed by atoms with E-state index in [2.05, 4.69) is 30.8 Å². The first-order valence-electron chi connectivity index (χ1n) is 10.6. The Morgan fingerprint density at radius 1 is 1.08 bits per heavy atom. The van der Waals surface area contributed by atoms with E-state index in [0.29, 0.717) is 26.3 Å². The molecule has 1 aliphatic heterocycles. The highest BCUT2D eigenvalue weighted by atomic mass is 35.5. The number of hydrogen-bond acceptors (Lipinski definition) is 10. The molecular weight excluding hydrogens is 540 g/mol. The Bertz CT molecular complexity index is 1340. The minimum atomic E-state index is -4.52. The molecule has 1 fully saturated rings. The van der Waals surface area contributed by atoms with Crippen LogP contribution in [0.3, 0.4) is 0 Å². The first-order valence-corrected chi connectivity index (χ1v) is 11.3. The van der Waals surface area contributed by atoms with Gasteiger partial charge in [0.15, 0.2) is 0 Å². The van der Waals surface area contributed by atoms with Crippen LogP contribution in [0.5, 0.6) is 0 Å². The molecule has 2 N–H and O–H groups in total. The van der Waals surface area contributed by atoms with Gasteiger partial charge in [-0.2, -0.15) is 33.2 Å². The minimum Gasteiger partial charge on any atom is -0.378 e. The van der Waals surface area contributed by atoms with Crippen LogP contribution in [0.1, 0.15) is 11.1 Å². The summed E-state index contributed by atoms with van der Waals surface area (Å²) in [5.74, 6) is 0.168. The lowest BCUT2D eigenvalue weighted by atomic mass is 10.2. The molecule has 1 aromatic heterocycles. The number of nitro benzene ring substituents is 1. The van der Waals surface area contributed by atoms with Crippen LogP contribution < -0.4 is 15.6 Å². The fourth-order valence-corrected chi connectivity index (χ4v) is 3.73. The number of nitrogens with one attached hydrogen (secondary N) is 2. The Morgan fingerprint density at radius 3 is 2.51 bits per heavy atom. The van der Waals surface area contributed by atoms with Crippen molar-refractivity contribution in [2.75, 3.05) is 41.9 Å². The average Bonchev–Trinajstić information content (AvgIpc) is 2.85. The maximum atomic E-state index is 13.1. The SMILES string of the molecule is O=[N+]([O-])c1cc(/C=N/Nc2nc(Nc3cccc(C(F)(F)F)c3)nc(N3CCOCC3)n2)c(Cl)cc1Cl. The van der Waals surface area contributed by atoms with E-state index in [1.54, 1.807) is 0 Å². The normalized spacial score (nSPS) is 14.1. The summed E-state index contributed by atoms with van der Waals surface area (Å²) in [5.41, 5.74) is 1.72. The number of nitro groups is 1. The number of nitrogens with zero attached hydrogens (tertiary/aromatic N) is 6. The Morgan fingerprint density at radius 2 is 1.81 bits per heavy atom. The largest absolute Gasteiger partial charge is 0.416 e. The van der Waals surface area contributed by atoms with Crippen LogP contribution in [0.4, 0.5) is 42.4 Å². The van der Waals surface area contributed by atoms with Gasteiger partial charge in [0.25, 0.3) is 5.69 Å². The molecule has 0 radical (unpaired) electrons. The van der Waals surface area contributed by atoms with Crippen LogP contribution in [0, 0.1) is 10.1 Å². The van der Waals surface area contributed by atoms with Crippen LogP contribution in [0.25, 0.3) is 0 Å². The van der Waals surface area contributed by atoms with Crippen molar-refractivity contribution in [2.24, 2.45) is 5.10 Å². The van der Waals surface area contributed by atoms with Crippen molar-refractivity contribution in [1.82, 2.24) is 15.0 Å². The first kappa shape index (κ1) is 26.3. The van der Waals surface area contributed by atoms with E-state index in [1.807, 2.05) is 4.90 Å². The number of ether oxygens (including phenoxy) is 1. The molecule has 2 heterocycles. The second-order valence-electron chi connectivity index (χ2n) is 7.54. The van der Waals surface area contributed by atoms with Gasteiger partial charge < -0.3 is 15.0 Å². The van der Waals surface area contributed by atoms with Crippen molar-refractivity contribution in [3.63, 3.8) is 0 Å². The second-order valence-corrected chi connectivity index (χ2v) is 8.35. The second kappa shape index (κ2) is 11.1. The fraction of sp³-hybridized carbons (Fsp3) is 0.238. The number of anilines is 4. The molecule has 4 rings (SSSR count). The van der Waals surface area contributed by atoms with Crippen LogP contribution in [0.15, 0.2) is 41.5 Å². The van der Waals surface area contributed by atoms with E-state index >= 15 is 0 Å². The molecular formula is C21H17Cl2F3N8O3. The maximum Gasteiger partial charge on any atom is 0.416 e. The number of rotatable bonds is 7. The van der Waals surface area contributed by atoms with Crippen LogP contribution in [-0.4, -0.2) is 52.4 Å². The number of benzene rings is 2. The van der Waals surface area contributed by atoms with E-state index in [1.165, 1.54) is 24.4 Å². The highest BCUT2D eigenvalue weighted by molar-refractivity contribution is 6.37. The van der Waals surface area contributed by atoms with Gasteiger partial charge in [0, 0.05) is 30.4 Å². The van der Waals surface area contributed by atoms with Gasteiger partial charge >= 0.3 is 6.18 Å². The third-order valence-corrected chi connectivity index (χ3v) is 5.62. The molecule has 194 valence electrons. The van der Waals surface area contributed by atoms with Gasteiger partial charge in [-0.1, -0.05) is 29.3 Å². The summed E-state index contributed by atoms with van der Waals surface area (Å²) in [6, 6.07) is 6.95. The first-order chi connectivity index (χ1) is 17.6. The molecule has 16 heteroatoms. The Balaban J connectivity index is 1.61. The maximum absolute atomic E-state index is 13.1.